The van der Waals surface area contributed by atoms with Crippen molar-refractivity contribution in [1.29, 1.82) is 0 Å². The molecule has 0 aliphatic rings. The predicted octanol–water partition coefficient (Wildman–Crippen LogP) is 1.71. The molecule has 0 saturated carbocycles. The minimum Gasteiger partial charge on any atom is -0.361 e. The molecular weight excluding hydrogens is 200 g/mol. The Bertz CT molecular complexity index is 502. The molecule has 1 aromatic heterocycles. The molecule has 0 aliphatic carbocycles. The van der Waals surface area contributed by atoms with Crippen LogP contribution < -0.4 is 5.73 Å². The lowest BCUT2D eigenvalue weighted by atomic mass is 10.0. The van der Waals surface area contributed by atoms with Crippen LogP contribution in [0.15, 0.2) is 24.4 Å². The second-order valence-electron chi connectivity index (χ2n) is 3.94. The van der Waals surface area contributed by atoms with Crippen molar-refractivity contribution in [3.63, 3.8) is 0 Å². The van der Waals surface area contributed by atoms with E-state index in [1.54, 1.807) is 0 Å². The first kappa shape index (κ1) is 10.9. The Morgan fingerprint density at radius 1 is 1.44 bits per heavy atom. The van der Waals surface area contributed by atoms with Gasteiger partial charge in [-0.1, -0.05) is 25.1 Å². The molecule has 1 atom stereocenters. The Morgan fingerprint density at radius 2 is 2.25 bits per heavy atom. The van der Waals surface area contributed by atoms with Gasteiger partial charge in [0.15, 0.2) is 0 Å². The summed E-state index contributed by atoms with van der Waals surface area (Å²) in [6.45, 7) is 2.13. The van der Waals surface area contributed by atoms with Gasteiger partial charge in [-0.25, -0.2) is 0 Å². The highest BCUT2D eigenvalue weighted by Crippen LogP contribution is 2.22. The third kappa shape index (κ3) is 1.86. The summed E-state index contributed by atoms with van der Waals surface area (Å²) in [4.78, 5) is 13.7. The largest absolute Gasteiger partial charge is 0.361 e. The Hall–Kier alpha value is -1.61. The minimum absolute atomic E-state index is 0.538. The number of aromatic amines is 1. The molecule has 2 aromatic rings. The molecule has 1 heterocycles. The maximum atomic E-state index is 10.4. The Balaban J connectivity index is 2.44. The number of hydrogen-bond donors (Lipinski definition) is 2. The van der Waals surface area contributed by atoms with Gasteiger partial charge in [0.25, 0.3) is 0 Å². The van der Waals surface area contributed by atoms with Gasteiger partial charge in [-0.2, -0.15) is 0 Å². The summed E-state index contributed by atoms with van der Waals surface area (Å²) < 4.78 is 0. The fraction of sp³-hybridized carbons (Fsp3) is 0.308. The average Bonchev–Trinajstić information content (AvgIpc) is 2.72. The second kappa shape index (κ2) is 4.49. The van der Waals surface area contributed by atoms with Crippen molar-refractivity contribution >= 4 is 17.2 Å². The summed E-state index contributed by atoms with van der Waals surface area (Å²) >= 11 is 0. The summed E-state index contributed by atoms with van der Waals surface area (Å²) in [6, 6.07) is 5.66. The lowest BCUT2D eigenvalue weighted by Gasteiger charge is -2.02. The smallest absolute Gasteiger partial charge is 0.217 e. The molecule has 83 valence electrons. The zero-order chi connectivity index (χ0) is 11.5. The Kier molecular flexibility index (Phi) is 3.06. The fourth-order valence-electron chi connectivity index (χ4n) is 2.02. The number of benzene rings is 1. The van der Waals surface area contributed by atoms with E-state index in [1.807, 2.05) is 18.5 Å². The number of para-hydroxylation sites is 1. The monoisotopic (exact) mass is 215 g/mol. The number of nitrogens with one attached hydrogen (secondary N) is 1. The van der Waals surface area contributed by atoms with Crippen molar-refractivity contribution in [2.24, 2.45) is 5.73 Å². The number of fused-ring (bicyclic) bond motifs is 1. The fourth-order valence-corrected chi connectivity index (χ4v) is 2.02. The van der Waals surface area contributed by atoms with Crippen LogP contribution in [0.3, 0.4) is 0 Å². The molecule has 2 rings (SSSR count). The van der Waals surface area contributed by atoms with E-state index >= 15 is 0 Å². The van der Waals surface area contributed by atoms with Crippen molar-refractivity contribution in [2.45, 2.75) is 25.8 Å². The Labute approximate surface area is 94.6 Å². The molecule has 0 saturated heterocycles. The van der Waals surface area contributed by atoms with Gasteiger partial charge in [0.2, 0.25) is 6.29 Å². The van der Waals surface area contributed by atoms with Crippen molar-refractivity contribution < 1.29 is 4.79 Å². The van der Waals surface area contributed by atoms with E-state index in [2.05, 4.69) is 24.0 Å². The van der Waals surface area contributed by atoms with Crippen LogP contribution in [0, 0.1) is 0 Å². The van der Waals surface area contributed by atoms with Gasteiger partial charge in [-0.05, 0) is 24.0 Å². The molecule has 0 spiro atoms. The second-order valence-corrected chi connectivity index (χ2v) is 3.94. The predicted molar refractivity (Wildman–Crippen MR) is 65.0 cm³/mol. The lowest BCUT2D eigenvalue weighted by Crippen LogP contribution is -2.23. The molecule has 0 amide bonds. The van der Waals surface area contributed by atoms with Crippen LogP contribution in [0.2, 0.25) is 0 Å². The molecule has 1 radical (unpaired) electrons. The molecular formula is C13H15N2O. The molecule has 0 fully saturated rings. The highest BCUT2D eigenvalue weighted by atomic mass is 16.1. The highest BCUT2D eigenvalue weighted by molar-refractivity contribution is 5.86. The number of carbonyl (C=O) groups excluding carboxylic acids is 1. The molecule has 16 heavy (non-hydrogen) atoms. The van der Waals surface area contributed by atoms with Crippen molar-refractivity contribution in [2.75, 3.05) is 0 Å². The van der Waals surface area contributed by atoms with Crippen LogP contribution in [0.4, 0.5) is 0 Å². The number of nitrogens with two attached hydrogens (primary N) is 1. The summed E-state index contributed by atoms with van der Waals surface area (Å²) in [5.74, 6) is 0. The first-order valence-corrected chi connectivity index (χ1v) is 5.47. The van der Waals surface area contributed by atoms with Gasteiger partial charge in [0.1, 0.15) is 0 Å². The quantitative estimate of drug-likeness (QED) is 0.815. The maximum Gasteiger partial charge on any atom is 0.217 e. The first-order valence-electron chi connectivity index (χ1n) is 5.47. The SMILES string of the molecule is CCc1cccc2c(C[C@H](N)[C]=O)c[nH]c12. The standard InChI is InChI=1S/C13H15N2O/c1-2-9-4-3-5-12-10(6-11(14)8-16)7-15-13(9)12/h3-5,7,11,15H,2,6,14H2,1H3/t11-/m0/s1. The van der Waals surface area contributed by atoms with Crippen molar-refractivity contribution in [1.82, 2.24) is 4.98 Å². The van der Waals surface area contributed by atoms with Crippen LogP contribution >= 0.6 is 0 Å². The number of rotatable bonds is 4. The van der Waals surface area contributed by atoms with E-state index < -0.39 is 6.04 Å². The number of hydrogen-bond acceptors (Lipinski definition) is 2. The van der Waals surface area contributed by atoms with Crippen LogP contribution in [-0.4, -0.2) is 17.3 Å². The number of aromatic nitrogens is 1. The van der Waals surface area contributed by atoms with Crippen LogP contribution in [0.1, 0.15) is 18.1 Å². The topological polar surface area (TPSA) is 58.9 Å². The van der Waals surface area contributed by atoms with E-state index in [9.17, 15) is 4.79 Å². The highest BCUT2D eigenvalue weighted by Gasteiger charge is 2.09. The van der Waals surface area contributed by atoms with E-state index in [0.717, 1.165) is 22.9 Å². The number of aryl methyl sites for hydroxylation is 1. The Morgan fingerprint density at radius 3 is 2.94 bits per heavy atom. The van der Waals surface area contributed by atoms with Gasteiger partial charge in [0, 0.05) is 17.1 Å². The molecule has 0 bridgehead atoms. The molecule has 3 nitrogen and oxygen atoms in total. The third-order valence-corrected chi connectivity index (χ3v) is 2.86. The van der Waals surface area contributed by atoms with E-state index in [-0.39, 0.29) is 0 Å². The normalized spacial score (nSPS) is 12.9. The summed E-state index contributed by atoms with van der Waals surface area (Å²) in [5.41, 5.74) is 9.11. The van der Waals surface area contributed by atoms with Crippen molar-refractivity contribution in [3.8, 4) is 0 Å². The van der Waals surface area contributed by atoms with Crippen LogP contribution in [0.5, 0.6) is 0 Å². The zero-order valence-electron chi connectivity index (χ0n) is 9.29. The van der Waals surface area contributed by atoms with E-state index in [0.29, 0.717) is 6.42 Å². The van der Waals surface area contributed by atoms with E-state index in [4.69, 9.17) is 5.73 Å². The molecule has 3 N–H and O–H groups in total. The molecule has 0 aliphatic heterocycles. The summed E-state index contributed by atoms with van der Waals surface area (Å²) in [7, 11) is 0. The molecule has 1 aromatic carbocycles. The van der Waals surface area contributed by atoms with Gasteiger partial charge in [-0.3, -0.25) is 4.79 Å². The van der Waals surface area contributed by atoms with Gasteiger partial charge < -0.3 is 10.7 Å². The third-order valence-electron chi connectivity index (χ3n) is 2.86. The van der Waals surface area contributed by atoms with E-state index in [1.165, 1.54) is 5.56 Å². The van der Waals surface area contributed by atoms with Crippen molar-refractivity contribution in [3.05, 3.63) is 35.5 Å². The molecule has 3 heteroatoms. The average molecular weight is 215 g/mol. The summed E-state index contributed by atoms with van der Waals surface area (Å²) in [6.07, 6.45) is 5.27. The van der Waals surface area contributed by atoms with Gasteiger partial charge >= 0.3 is 0 Å². The summed E-state index contributed by atoms with van der Waals surface area (Å²) in [5, 5.41) is 1.16. The van der Waals surface area contributed by atoms with Crippen LogP contribution in [0.25, 0.3) is 10.9 Å². The van der Waals surface area contributed by atoms with Gasteiger partial charge in [0.05, 0.1) is 6.04 Å². The minimum atomic E-state index is -0.538. The lowest BCUT2D eigenvalue weighted by molar-refractivity contribution is 0.541. The first-order chi connectivity index (χ1) is 7.76. The number of H-pyrrole nitrogens is 1. The van der Waals surface area contributed by atoms with Gasteiger partial charge in [-0.15, -0.1) is 0 Å². The maximum absolute atomic E-state index is 10.4. The zero-order valence-corrected chi connectivity index (χ0v) is 9.29. The van der Waals surface area contributed by atoms with Crippen LogP contribution in [-0.2, 0) is 17.6 Å². The molecule has 0 unspecified atom stereocenters.